The molecule has 268 valence electrons. The summed E-state index contributed by atoms with van der Waals surface area (Å²) in [5.74, 6) is 2.71. The summed E-state index contributed by atoms with van der Waals surface area (Å²) in [6, 6.07) is 59.3. The van der Waals surface area contributed by atoms with Crippen molar-refractivity contribution in [1.29, 1.82) is 0 Å². The first-order valence-electron chi connectivity index (χ1n) is 19.4. The molecule has 6 heteroatoms. The van der Waals surface area contributed by atoms with Gasteiger partial charge in [0, 0.05) is 60.6 Å². The van der Waals surface area contributed by atoms with Crippen LogP contribution in [0.15, 0.2) is 188 Å². The van der Waals surface area contributed by atoms with Gasteiger partial charge in [0.2, 0.25) is 0 Å². The molecule has 0 bridgehead atoms. The van der Waals surface area contributed by atoms with E-state index in [1.807, 2.05) is 66.7 Å². The maximum Gasteiger partial charge on any atom is 0.164 e. The van der Waals surface area contributed by atoms with Gasteiger partial charge in [0.05, 0.1) is 22.6 Å². The Balaban J connectivity index is 1.03. The Labute approximate surface area is 328 Å². The Kier molecular flexibility index (Phi) is 6.95. The lowest BCUT2D eigenvalue weighted by molar-refractivity contribution is 0.232. The Morgan fingerprint density at radius 2 is 1.05 bits per heavy atom. The van der Waals surface area contributed by atoms with E-state index < -0.39 is 0 Å². The molecule has 3 aromatic heterocycles. The van der Waals surface area contributed by atoms with Crippen molar-refractivity contribution >= 4 is 49.2 Å². The normalized spacial score (nSPS) is 15.9. The van der Waals surface area contributed by atoms with Gasteiger partial charge in [-0.2, -0.15) is 0 Å². The first-order valence-corrected chi connectivity index (χ1v) is 19.4. The predicted molar refractivity (Wildman–Crippen MR) is 230 cm³/mol. The molecule has 1 aliphatic carbocycles. The molecular formula is C51H33N5O. The average molecular weight is 732 g/mol. The molecule has 1 aliphatic heterocycles. The van der Waals surface area contributed by atoms with E-state index in [-0.39, 0.29) is 12.1 Å². The number of ether oxygens (including phenoxy) is 1. The SMILES string of the molecule is C1=CC(n2c3ccccc3c3cc4c(cc32)c2ccccc2n4-c2ccccc2)C2Oc3cccc(-c4nc(-c5ccccc5)nc(-c5ccccc5)n4)c3C2=C1. The predicted octanol–water partition coefficient (Wildman–Crippen LogP) is 12.0. The van der Waals surface area contributed by atoms with Crippen LogP contribution in [0.3, 0.4) is 0 Å². The van der Waals surface area contributed by atoms with E-state index in [1.165, 1.54) is 43.6 Å². The molecule has 0 radical (unpaired) electrons. The van der Waals surface area contributed by atoms with E-state index in [0.29, 0.717) is 17.5 Å². The molecule has 0 amide bonds. The highest BCUT2D eigenvalue weighted by atomic mass is 16.5. The van der Waals surface area contributed by atoms with E-state index in [9.17, 15) is 0 Å². The van der Waals surface area contributed by atoms with Crippen molar-refractivity contribution in [2.24, 2.45) is 0 Å². The minimum atomic E-state index is -0.268. The van der Waals surface area contributed by atoms with Crippen LogP contribution < -0.4 is 4.74 Å². The van der Waals surface area contributed by atoms with Crippen molar-refractivity contribution in [2.75, 3.05) is 0 Å². The molecule has 0 spiro atoms. The maximum atomic E-state index is 7.04. The van der Waals surface area contributed by atoms with Crippen LogP contribution in [-0.4, -0.2) is 30.2 Å². The second kappa shape index (κ2) is 12.5. The molecule has 12 rings (SSSR count). The second-order valence-electron chi connectivity index (χ2n) is 14.7. The molecule has 2 unspecified atom stereocenters. The molecule has 0 fully saturated rings. The van der Waals surface area contributed by atoms with Gasteiger partial charge < -0.3 is 13.9 Å². The zero-order valence-corrected chi connectivity index (χ0v) is 30.7. The van der Waals surface area contributed by atoms with Crippen LogP contribution in [0.2, 0.25) is 0 Å². The highest BCUT2D eigenvalue weighted by Gasteiger charge is 2.39. The minimum absolute atomic E-state index is 0.120. The highest BCUT2D eigenvalue weighted by Crippen LogP contribution is 2.50. The van der Waals surface area contributed by atoms with Crippen LogP contribution in [0.4, 0.5) is 0 Å². The third kappa shape index (κ3) is 4.87. The lowest BCUT2D eigenvalue weighted by Crippen LogP contribution is -2.27. The van der Waals surface area contributed by atoms with Crippen LogP contribution in [0.5, 0.6) is 5.75 Å². The Hall–Kier alpha value is -7.57. The van der Waals surface area contributed by atoms with Gasteiger partial charge in [-0.05, 0) is 42.5 Å². The topological polar surface area (TPSA) is 57.8 Å². The zero-order valence-electron chi connectivity index (χ0n) is 30.7. The summed E-state index contributed by atoms with van der Waals surface area (Å²) in [4.78, 5) is 15.2. The van der Waals surface area contributed by atoms with Gasteiger partial charge in [0.1, 0.15) is 11.9 Å². The van der Waals surface area contributed by atoms with Crippen molar-refractivity contribution in [3.05, 3.63) is 194 Å². The molecule has 2 aliphatic rings. The molecule has 10 aromatic rings. The molecule has 2 atom stereocenters. The molecule has 57 heavy (non-hydrogen) atoms. The summed E-state index contributed by atoms with van der Waals surface area (Å²) < 4.78 is 11.9. The molecular weight excluding hydrogens is 699 g/mol. The van der Waals surface area contributed by atoms with Crippen LogP contribution in [0, 0.1) is 0 Å². The fraction of sp³-hybridized carbons (Fsp3) is 0.0392. The van der Waals surface area contributed by atoms with Gasteiger partial charge >= 0.3 is 0 Å². The fourth-order valence-electron chi connectivity index (χ4n) is 9.05. The second-order valence-corrected chi connectivity index (χ2v) is 14.7. The molecule has 6 nitrogen and oxygen atoms in total. The van der Waals surface area contributed by atoms with Crippen LogP contribution in [0.25, 0.3) is 89.0 Å². The van der Waals surface area contributed by atoms with E-state index in [2.05, 4.69) is 130 Å². The average Bonchev–Trinajstić information content (AvgIpc) is 3.94. The lowest BCUT2D eigenvalue weighted by Gasteiger charge is -2.27. The van der Waals surface area contributed by atoms with Crippen molar-refractivity contribution in [1.82, 2.24) is 24.1 Å². The zero-order chi connectivity index (χ0) is 37.5. The quantitative estimate of drug-likeness (QED) is 0.177. The monoisotopic (exact) mass is 731 g/mol. The Bertz CT molecular complexity index is 3210. The third-order valence-electron chi connectivity index (χ3n) is 11.5. The van der Waals surface area contributed by atoms with Gasteiger partial charge in [0.15, 0.2) is 17.5 Å². The van der Waals surface area contributed by atoms with Crippen molar-refractivity contribution < 1.29 is 4.74 Å². The summed E-state index contributed by atoms with van der Waals surface area (Å²) >= 11 is 0. The van der Waals surface area contributed by atoms with Crippen molar-refractivity contribution in [3.8, 4) is 45.6 Å². The summed E-state index contributed by atoms with van der Waals surface area (Å²) in [5, 5.41) is 4.88. The Morgan fingerprint density at radius 1 is 0.474 bits per heavy atom. The summed E-state index contributed by atoms with van der Waals surface area (Å²) in [6.45, 7) is 0. The molecule has 0 N–H and O–H groups in total. The number of fused-ring (bicyclic) bond motifs is 9. The van der Waals surface area contributed by atoms with Crippen LogP contribution in [0.1, 0.15) is 11.6 Å². The van der Waals surface area contributed by atoms with Gasteiger partial charge in [-0.3, -0.25) is 0 Å². The highest BCUT2D eigenvalue weighted by molar-refractivity contribution is 6.18. The standard InChI is InChI=1S/C51H33N5O/c1-4-16-32(17-5-1)49-52-50(33-18-6-2-7-19-33)54-51(53-49)38-25-15-29-46-47(38)37-24-14-28-43(48(37)57-46)56-42-27-13-11-23-36(42)40-30-44-39(31-45(40)56)35-22-10-12-26-41(35)55(44)34-20-8-3-9-21-34/h1-31,43,48H. The van der Waals surface area contributed by atoms with Gasteiger partial charge in [-0.25, -0.2) is 15.0 Å². The first-order chi connectivity index (χ1) is 28.3. The van der Waals surface area contributed by atoms with E-state index in [1.54, 1.807) is 0 Å². The number of rotatable bonds is 5. The number of aromatic nitrogens is 5. The number of benzene rings is 7. The van der Waals surface area contributed by atoms with Crippen molar-refractivity contribution in [2.45, 2.75) is 12.1 Å². The van der Waals surface area contributed by atoms with Gasteiger partial charge in [-0.15, -0.1) is 0 Å². The van der Waals surface area contributed by atoms with Crippen LogP contribution >= 0.6 is 0 Å². The summed E-state index contributed by atoms with van der Waals surface area (Å²) in [6.07, 6.45) is 6.40. The van der Waals surface area contributed by atoms with Crippen molar-refractivity contribution in [3.63, 3.8) is 0 Å². The maximum absolute atomic E-state index is 7.04. The number of hydrogen-bond donors (Lipinski definition) is 0. The smallest absolute Gasteiger partial charge is 0.164 e. The molecule has 0 saturated heterocycles. The summed E-state index contributed by atoms with van der Waals surface area (Å²) in [7, 11) is 0. The van der Waals surface area contributed by atoms with E-state index in [0.717, 1.165) is 39.3 Å². The first kappa shape index (κ1) is 31.7. The molecule has 7 aromatic carbocycles. The van der Waals surface area contributed by atoms with Gasteiger partial charge in [0.25, 0.3) is 0 Å². The number of hydrogen-bond acceptors (Lipinski definition) is 4. The van der Waals surface area contributed by atoms with Crippen LogP contribution in [-0.2, 0) is 0 Å². The number of nitrogens with zero attached hydrogens (tertiary/aromatic N) is 5. The largest absolute Gasteiger partial charge is 0.483 e. The molecule has 4 heterocycles. The summed E-state index contributed by atoms with van der Waals surface area (Å²) in [5.41, 5.74) is 10.8. The lowest BCUT2D eigenvalue weighted by atomic mass is 9.90. The van der Waals surface area contributed by atoms with E-state index >= 15 is 0 Å². The van der Waals surface area contributed by atoms with Gasteiger partial charge in [-0.1, -0.05) is 146 Å². The Morgan fingerprint density at radius 3 is 1.77 bits per heavy atom. The third-order valence-corrected chi connectivity index (χ3v) is 11.5. The number of allylic oxidation sites excluding steroid dienone is 2. The minimum Gasteiger partial charge on any atom is -0.483 e. The molecule has 0 saturated carbocycles. The van der Waals surface area contributed by atoms with E-state index in [4.69, 9.17) is 19.7 Å². The fourth-order valence-corrected chi connectivity index (χ4v) is 9.05. The number of para-hydroxylation sites is 3.